The molecule has 0 radical (unpaired) electrons. The molecule has 1 aromatic carbocycles. The van der Waals surface area contributed by atoms with Gasteiger partial charge in [0.1, 0.15) is 5.75 Å². The van der Waals surface area contributed by atoms with Crippen molar-refractivity contribution < 1.29 is 4.74 Å². The Hall–Kier alpha value is -1.21. The fourth-order valence-electron chi connectivity index (χ4n) is 1.43. The van der Waals surface area contributed by atoms with E-state index in [0.717, 1.165) is 15.9 Å². The van der Waals surface area contributed by atoms with E-state index in [1.54, 1.807) is 7.11 Å². The van der Waals surface area contributed by atoms with Gasteiger partial charge in [0.25, 0.3) is 0 Å². The van der Waals surface area contributed by atoms with Crippen LogP contribution in [0.5, 0.6) is 5.75 Å². The molecule has 0 saturated carbocycles. The largest absolute Gasteiger partial charge is 0.496 e. The number of nitrogens with zero attached hydrogens (tertiary/aromatic N) is 1. The van der Waals surface area contributed by atoms with E-state index in [4.69, 9.17) is 10.00 Å². The number of hydrogen-bond donors (Lipinski definition) is 1. The Balaban J connectivity index is 2.64. The van der Waals surface area contributed by atoms with Crippen molar-refractivity contribution in [3.8, 4) is 11.8 Å². The van der Waals surface area contributed by atoms with Crippen LogP contribution in [0.4, 0.5) is 5.69 Å². The van der Waals surface area contributed by atoms with Crippen LogP contribution in [0.1, 0.15) is 13.8 Å². The number of nitrogens with one attached hydrogen (secondary N) is 1. The molecular formula is C13H17BrN2O. The summed E-state index contributed by atoms with van der Waals surface area (Å²) in [7, 11) is 1.64. The number of rotatable bonds is 5. The first-order chi connectivity index (χ1) is 8.08. The van der Waals surface area contributed by atoms with Crippen LogP contribution in [0.25, 0.3) is 0 Å². The van der Waals surface area contributed by atoms with Gasteiger partial charge in [-0.25, -0.2) is 0 Å². The van der Waals surface area contributed by atoms with E-state index >= 15 is 0 Å². The van der Waals surface area contributed by atoms with Crippen molar-refractivity contribution in [2.45, 2.75) is 13.8 Å². The van der Waals surface area contributed by atoms with Crippen LogP contribution in [-0.2, 0) is 0 Å². The fraction of sp³-hybridized carbons (Fsp3) is 0.462. The van der Waals surface area contributed by atoms with Gasteiger partial charge in [0.2, 0.25) is 0 Å². The van der Waals surface area contributed by atoms with E-state index in [-0.39, 0.29) is 5.92 Å². The summed E-state index contributed by atoms with van der Waals surface area (Å²) in [6.45, 7) is 4.77. The summed E-state index contributed by atoms with van der Waals surface area (Å²) in [6.07, 6.45) is 0. The zero-order valence-electron chi connectivity index (χ0n) is 10.3. The lowest BCUT2D eigenvalue weighted by Crippen LogP contribution is -2.17. The summed E-state index contributed by atoms with van der Waals surface area (Å²) >= 11 is 3.43. The first-order valence-electron chi connectivity index (χ1n) is 5.55. The van der Waals surface area contributed by atoms with Crippen molar-refractivity contribution in [2.75, 3.05) is 19.0 Å². The maximum atomic E-state index is 8.99. The van der Waals surface area contributed by atoms with Crippen LogP contribution in [0.15, 0.2) is 22.7 Å². The molecule has 17 heavy (non-hydrogen) atoms. The summed E-state index contributed by atoms with van der Waals surface area (Å²) in [5.41, 5.74) is 0.985. The van der Waals surface area contributed by atoms with Crippen LogP contribution in [0.3, 0.4) is 0 Å². The molecular weight excluding hydrogens is 280 g/mol. The van der Waals surface area contributed by atoms with E-state index < -0.39 is 0 Å². The summed E-state index contributed by atoms with van der Waals surface area (Å²) in [5.74, 6) is 1.18. The minimum absolute atomic E-state index is 0.0240. The Bertz CT molecular complexity index is 412. The predicted octanol–water partition coefficient (Wildman–Crippen LogP) is 3.67. The van der Waals surface area contributed by atoms with Gasteiger partial charge in [-0.3, -0.25) is 0 Å². The van der Waals surface area contributed by atoms with Crippen LogP contribution >= 0.6 is 15.9 Å². The first-order valence-corrected chi connectivity index (χ1v) is 6.34. The Kier molecular flexibility index (Phi) is 5.30. The molecule has 0 bridgehead atoms. The number of nitriles is 1. The van der Waals surface area contributed by atoms with Crippen LogP contribution < -0.4 is 10.1 Å². The van der Waals surface area contributed by atoms with E-state index in [1.807, 2.05) is 18.2 Å². The molecule has 0 aliphatic rings. The smallest absolute Gasteiger partial charge is 0.133 e. The zero-order chi connectivity index (χ0) is 12.8. The highest BCUT2D eigenvalue weighted by Gasteiger charge is 2.11. The second-order valence-corrected chi connectivity index (χ2v) is 5.06. The molecule has 3 nitrogen and oxygen atoms in total. The molecule has 0 aliphatic carbocycles. The standard InChI is InChI=1S/C13H17BrN2O/c1-9(2)10(7-15)8-16-11-4-5-13(17-3)12(14)6-11/h4-6,9-10,16H,8H2,1-3H3. The Morgan fingerprint density at radius 2 is 2.18 bits per heavy atom. The summed E-state index contributed by atoms with van der Waals surface area (Å²) in [5, 5.41) is 12.3. The molecule has 1 rings (SSSR count). The van der Waals surface area contributed by atoms with E-state index in [2.05, 4.69) is 41.2 Å². The van der Waals surface area contributed by atoms with Gasteiger partial charge < -0.3 is 10.1 Å². The Labute approximate surface area is 111 Å². The van der Waals surface area contributed by atoms with Gasteiger partial charge in [-0.1, -0.05) is 13.8 Å². The van der Waals surface area contributed by atoms with Crippen molar-refractivity contribution in [3.63, 3.8) is 0 Å². The Morgan fingerprint density at radius 3 is 2.65 bits per heavy atom. The van der Waals surface area contributed by atoms with Crippen molar-refractivity contribution >= 4 is 21.6 Å². The number of anilines is 1. The monoisotopic (exact) mass is 296 g/mol. The summed E-state index contributed by atoms with van der Waals surface area (Å²) in [4.78, 5) is 0. The van der Waals surface area contributed by atoms with Crippen molar-refractivity contribution in [1.82, 2.24) is 0 Å². The van der Waals surface area contributed by atoms with Gasteiger partial charge >= 0.3 is 0 Å². The van der Waals surface area contributed by atoms with Crippen LogP contribution in [0, 0.1) is 23.2 Å². The summed E-state index contributed by atoms with van der Waals surface area (Å²) in [6, 6.07) is 8.10. The number of ether oxygens (including phenoxy) is 1. The lowest BCUT2D eigenvalue weighted by Gasteiger charge is -2.15. The molecule has 0 amide bonds. The van der Waals surface area contributed by atoms with Crippen molar-refractivity contribution in [2.24, 2.45) is 11.8 Å². The minimum Gasteiger partial charge on any atom is -0.496 e. The highest BCUT2D eigenvalue weighted by atomic mass is 79.9. The maximum absolute atomic E-state index is 8.99. The highest BCUT2D eigenvalue weighted by molar-refractivity contribution is 9.10. The molecule has 1 unspecified atom stereocenters. The molecule has 0 heterocycles. The second kappa shape index (κ2) is 6.51. The van der Waals surface area contributed by atoms with Crippen molar-refractivity contribution in [3.05, 3.63) is 22.7 Å². The number of benzene rings is 1. The Morgan fingerprint density at radius 1 is 1.47 bits per heavy atom. The van der Waals surface area contributed by atoms with Crippen LogP contribution in [-0.4, -0.2) is 13.7 Å². The second-order valence-electron chi connectivity index (χ2n) is 4.21. The zero-order valence-corrected chi connectivity index (χ0v) is 11.9. The van der Waals surface area contributed by atoms with E-state index in [1.165, 1.54) is 0 Å². The molecule has 0 aromatic heterocycles. The van der Waals surface area contributed by atoms with E-state index in [0.29, 0.717) is 12.5 Å². The van der Waals surface area contributed by atoms with Gasteiger partial charge in [-0.15, -0.1) is 0 Å². The lowest BCUT2D eigenvalue weighted by molar-refractivity contribution is 0.412. The van der Waals surface area contributed by atoms with Gasteiger partial charge in [0.05, 0.1) is 23.6 Å². The molecule has 0 fully saturated rings. The molecule has 4 heteroatoms. The molecule has 1 atom stereocenters. The minimum atomic E-state index is 0.0240. The van der Waals surface area contributed by atoms with Crippen molar-refractivity contribution in [1.29, 1.82) is 5.26 Å². The maximum Gasteiger partial charge on any atom is 0.133 e. The third kappa shape index (κ3) is 3.94. The molecule has 1 N–H and O–H groups in total. The molecule has 0 spiro atoms. The average Bonchev–Trinajstić information content (AvgIpc) is 2.29. The quantitative estimate of drug-likeness (QED) is 0.902. The lowest BCUT2D eigenvalue weighted by atomic mass is 9.97. The normalized spacial score (nSPS) is 12.0. The molecule has 92 valence electrons. The third-order valence-corrected chi connectivity index (χ3v) is 3.27. The van der Waals surface area contributed by atoms with Gasteiger partial charge in [-0.05, 0) is 40.0 Å². The van der Waals surface area contributed by atoms with Crippen LogP contribution in [0.2, 0.25) is 0 Å². The molecule has 0 saturated heterocycles. The fourth-order valence-corrected chi connectivity index (χ4v) is 1.98. The number of halogens is 1. The van der Waals surface area contributed by atoms with Gasteiger partial charge in [-0.2, -0.15) is 5.26 Å². The van der Waals surface area contributed by atoms with Gasteiger partial charge in [0, 0.05) is 12.2 Å². The summed E-state index contributed by atoms with van der Waals surface area (Å²) < 4.78 is 6.06. The van der Waals surface area contributed by atoms with E-state index in [9.17, 15) is 0 Å². The first kappa shape index (κ1) is 13.9. The SMILES string of the molecule is COc1ccc(NCC(C#N)C(C)C)cc1Br. The number of hydrogen-bond acceptors (Lipinski definition) is 3. The highest BCUT2D eigenvalue weighted by Crippen LogP contribution is 2.27. The van der Waals surface area contributed by atoms with Gasteiger partial charge in [0.15, 0.2) is 0 Å². The average molecular weight is 297 g/mol. The predicted molar refractivity (Wildman–Crippen MR) is 73.1 cm³/mol. The molecule has 0 aliphatic heterocycles. The number of methoxy groups -OCH3 is 1. The third-order valence-electron chi connectivity index (χ3n) is 2.65. The topological polar surface area (TPSA) is 45.0 Å². The molecule has 1 aromatic rings.